The number of ether oxygens (including phenoxy) is 2. The van der Waals surface area contributed by atoms with E-state index in [0.29, 0.717) is 17.7 Å². The molecule has 1 saturated carbocycles. The number of β-amino-alcohol motifs (C(OH)–C–C–N with tert-alkyl or cyclic N) is 1. The van der Waals surface area contributed by atoms with Gasteiger partial charge in [0.1, 0.15) is 0 Å². The predicted molar refractivity (Wildman–Crippen MR) is 92.6 cm³/mol. The second-order valence-electron chi connectivity index (χ2n) is 5.59. The monoisotopic (exact) mass is 349 g/mol. The fourth-order valence-electron chi connectivity index (χ4n) is 2.80. The van der Waals surface area contributed by atoms with E-state index in [0.717, 1.165) is 18.2 Å². The topological polar surface area (TPSA) is 62.2 Å². The van der Waals surface area contributed by atoms with Crippen LogP contribution < -0.4 is 4.74 Å². The van der Waals surface area contributed by atoms with Gasteiger partial charge < -0.3 is 19.7 Å². The predicted octanol–water partition coefficient (Wildman–Crippen LogP) is 2.34. The van der Waals surface area contributed by atoms with Crippen LogP contribution in [0.1, 0.15) is 56.8 Å². The molecule has 24 heavy (non-hydrogen) atoms. The zero-order valence-electron chi connectivity index (χ0n) is 26.9. The number of hydrogen-bond acceptors (Lipinski definition) is 5. The van der Waals surface area contributed by atoms with E-state index in [-0.39, 0.29) is 12.8 Å². The first-order chi connectivity index (χ1) is 16.9. The Morgan fingerprint density at radius 2 is 2.33 bits per heavy atom. The van der Waals surface area contributed by atoms with Gasteiger partial charge in [-0.3, -0.25) is 4.90 Å². The highest BCUT2D eigenvalue weighted by Gasteiger charge is 2.34. The van der Waals surface area contributed by atoms with Crippen molar-refractivity contribution in [2.45, 2.75) is 56.7 Å². The van der Waals surface area contributed by atoms with Crippen molar-refractivity contribution in [2.24, 2.45) is 0 Å². The number of likely N-dealkylation sites (tertiary alicyclic amines) is 1. The Bertz CT molecular complexity index is 1020. The summed E-state index contributed by atoms with van der Waals surface area (Å²) in [4.78, 5) is 0.356. The molecule has 2 aliphatic rings. The average molecular weight is 350 g/mol. The molecule has 1 heterocycles. The number of phenols is 1. The Hall–Kier alpha value is -1.30. The SMILES string of the molecule is [2H]C([2H])([2H])Oc1ccc(C([2H])([2H])C([2H])([2H])O[C@@H]2CCCC[C@H]2N2C([2H])([2H])C([2H])([2H])[C@@]([2H])(O)C2([2H])[2H])cc1O. The summed E-state index contributed by atoms with van der Waals surface area (Å²) >= 11 is 0. The standard InChI is InChI=1S/C19H29NO4/c1-23-19-7-6-14(12-17(19)22)9-11-24-18-5-3-2-4-16(18)20-10-8-15(21)13-20/h6-7,12,15-16,18,21-22H,2-5,8-11,13H2,1H3/t15-,16-,18-/m1/s1/i1D3,8D2,9D2,10D2,11D2,13D2,15D. The minimum Gasteiger partial charge on any atom is -0.504 e. The van der Waals surface area contributed by atoms with Crippen LogP contribution in [0.4, 0.5) is 0 Å². The highest BCUT2D eigenvalue weighted by molar-refractivity contribution is 5.41. The van der Waals surface area contributed by atoms with E-state index < -0.39 is 74.6 Å². The highest BCUT2D eigenvalue weighted by atomic mass is 16.5. The molecule has 5 nitrogen and oxygen atoms in total. The van der Waals surface area contributed by atoms with Gasteiger partial charge in [0.2, 0.25) is 0 Å². The molecule has 134 valence electrons. The summed E-state index contributed by atoms with van der Waals surface area (Å²) in [5.41, 5.74) is -0.450. The van der Waals surface area contributed by atoms with Crippen molar-refractivity contribution in [1.29, 1.82) is 0 Å². The molecule has 0 aromatic heterocycles. The molecule has 0 unspecified atom stereocenters. The molecule has 1 aromatic rings. The lowest BCUT2D eigenvalue weighted by atomic mass is 9.91. The number of methoxy groups -OCH3 is 1. The van der Waals surface area contributed by atoms with E-state index in [1.807, 2.05) is 0 Å². The maximum atomic E-state index is 10.4. The van der Waals surface area contributed by atoms with Crippen LogP contribution in [-0.4, -0.2) is 59.9 Å². The lowest BCUT2D eigenvalue weighted by molar-refractivity contribution is -0.0316. The van der Waals surface area contributed by atoms with Gasteiger partial charge in [-0.1, -0.05) is 18.9 Å². The minimum atomic E-state index is -3.53. The Morgan fingerprint density at radius 1 is 1.46 bits per heavy atom. The molecule has 2 N–H and O–H groups in total. The zero-order valence-corrected chi connectivity index (χ0v) is 12.9. The number of benzene rings is 1. The van der Waals surface area contributed by atoms with Crippen LogP contribution in [0.3, 0.4) is 0 Å². The molecule has 0 bridgehead atoms. The number of hydrogen-bond donors (Lipinski definition) is 2. The summed E-state index contributed by atoms with van der Waals surface area (Å²) < 4.78 is 122. The fourth-order valence-corrected chi connectivity index (χ4v) is 2.80. The first kappa shape index (κ1) is 7.14. The molecule has 0 amide bonds. The third-order valence-electron chi connectivity index (χ3n) is 4.00. The minimum absolute atomic E-state index is 0.0129. The molecule has 5 heteroatoms. The summed E-state index contributed by atoms with van der Waals surface area (Å²) in [6, 6.07) is 1.33. The summed E-state index contributed by atoms with van der Waals surface area (Å²) in [6.07, 6.45) is -10.5. The van der Waals surface area contributed by atoms with Gasteiger partial charge in [-0.15, -0.1) is 0 Å². The van der Waals surface area contributed by atoms with Gasteiger partial charge in [0, 0.05) is 30.0 Å². The Balaban J connectivity index is 1.95. The van der Waals surface area contributed by atoms with Crippen molar-refractivity contribution in [2.75, 3.05) is 26.6 Å². The van der Waals surface area contributed by atoms with Crippen molar-refractivity contribution in [3.63, 3.8) is 0 Å². The Kier molecular flexibility index (Phi) is 2.43. The summed E-state index contributed by atoms with van der Waals surface area (Å²) in [7, 11) is -2.90. The van der Waals surface area contributed by atoms with E-state index >= 15 is 0 Å². The summed E-state index contributed by atoms with van der Waals surface area (Å²) in [5, 5.41) is 20.5. The van der Waals surface area contributed by atoms with Crippen molar-refractivity contribution in [1.82, 2.24) is 4.90 Å². The van der Waals surface area contributed by atoms with Crippen molar-refractivity contribution < 1.29 is 38.9 Å². The first-order valence-electron chi connectivity index (χ1n) is 14.6. The molecule has 1 aliphatic carbocycles. The van der Waals surface area contributed by atoms with Crippen LogP contribution in [0.15, 0.2) is 18.2 Å². The van der Waals surface area contributed by atoms with Crippen LogP contribution in [-0.2, 0) is 11.1 Å². The van der Waals surface area contributed by atoms with Gasteiger partial charge in [0.25, 0.3) is 0 Å². The molecular formula is C19H29NO4. The largest absolute Gasteiger partial charge is 0.504 e. The molecule has 3 rings (SSSR count). The normalized spacial score (nSPS) is 47.9. The third-order valence-corrected chi connectivity index (χ3v) is 4.00. The van der Waals surface area contributed by atoms with Crippen LogP contribution in [0.25, 0.3) is 0 Å². The fraction of sp³-hybridized carbons (Fsp3) is 0.684. The molecule has 2 fully saturated rings. The van der Waals surface area contributed by atoms with E-state index in [4.69, 9.17) is 23.9 Å². The Labute approximate surface area is 163 Å². The van der Waals surface area contributed by atoms with Crippen molar-refractivity contribution in [3.8, 4) is 11.5 Å². The maximum absolute atomic E-state index is 10.4. The molecule has 1 saturated heterocycles. The van der Waals surface area contributed by atoms with Crippen molar-refractivity contribution >= 4 is 0 Å². The second-order valence-corrected chi connectivity index (χ2v) is 5.59. The van der Waals surface area contributed by atoms with Crippen LogP contribution >= 0.6 is 0 Å². The molecule has 0 spiro atoms. The van der Waals surface area contributed by atoms with Gasteiger partial charge in [0.05, 0.1) is 34.0 Å². The number of aromatic hydroxyl groups is 1. The van der Waals surface area contributed by atoms with Gasteiger partial charge >= 0.3 is 0 Å². The van der Waals surface area contributed by atoms with Crippen LogP contribution in [0.2, 0.25) is 0 Å². The van der Waals surface area contributed by atoms with Gasteiger partial charge in [-0.05, 0) is 43.3 Å². The highest BCUT2D eigenvalue weighted by Crippen LogP contribution is 2.29. The number of aryl methyl sites for hydroxylation is 1. The summed E-state index contributed by atoms with van der Waals surface area (Å²) in [6.45, 7) is -9.66. The second kappa shape index (κ2) is 8.19. The number of rotatable bonds is 6. The average Bonchev–Trinajstić information content (AvgIpc) is 2.81. The third kappa shape index (κ3) is 4.21. The quantitative estimate of drug-likeness (QED) is 0.825. The van der Waals surface area contributed by atoms with Crippen molar-refractivity contribution in [3.05, 3.63) is 23.8 Å². The van der Waals surface area contributed by atoms with Crippen LogP contribution in [0.5, 0.6) is 11.5 Å². The van der Waals surface area contributed by atoms with E-state index in [1.54, 1.807) is 0 Å². The first-order valence-corrected chi connectivity index (χ1v) is 7.64. The molecule has 0 radical (unpaired) electrons. The van der Waals surface area contributed by atoms with E-state index in [9.17, 15) is 10.2 Å². The Morgan fingerprint density at radius 3 is 3.08 bits per heavy atom. The van der Waals surface area contributed by atoms with Gasteiger partial charge in [0.15, 0.2) is 11.5 Å². The number of phenolic OH excluding ortho intramolecular Hbond substituents is 1. The maximum Gasteiger partial charge on any atom is 0.160 e. The van der Waals surface area contributed by atoms with Gasteiger partial charge in [-0.25, -0.2) is 0 Å². The molecule has 1 aromatic carbocycles. The molecular weight excluding hydrogens is 306 g/mol. The van der Waals surface area contributed by atoms with E-state index in [1.165, 1.54) is 0 Å². The smallest absolute Gasteiger partial charge is 0.160 e. The number of nitrogens with zero attached hydrogens (tertiary/aromatic N) is 1. The molecule has 3 atom stereocenters. The number of aliphatic hydroxyl groups is 1. The lowest BCUT2D eigenvalue weighted by Crippen LogP contribution is -2.46. The lowest BCUT2D eigenvalue weighted by Gasteiger charge is -2.37. The summed E-state index contributed by atoms with van der Waals surface area (Å²) in [5.74, 6) is -1.27. The zero-order chi connectivity index (χ0) is 29.3. The van der Waals surface area contributed by atoms with E-state index in [2.05, 4.69) is 4.74 Å². The van der Waals surface area contributed by atoms with Crippen LogP contribution in [0, 0.1) is 0 Å². The van der Waals surface area contributed by atoms with Gasteiger partial charge in [-0.2, -0.15) is 0 Å². The molecule has 1 aliphatic heterocycles.